The molecule has 0 aliphatic heterocycles. The van der Waals surface area contributed by atoms with E-state index in [4.69, 9.17) is 14.0 Å². The molecule has 4 aromatic rings. The van der Waals surface area contributed by atoms with Crippen molar-refractivity contribution >= 4 is 17.6 Å². The molecule has 2 heterocycles. The highest BCUT2D eigenvalue weighted by atomic mass is 32.2. The summed E-state index contributed by atoms with van der Waals surface area (Å²) in [5, 5.41) is 3.80. The van der Waals surface area contributed by atoms with Crippen LogP contribution in [0, 0.1) is 6.92 Å². The van der Waals surface area contributed by atoms with Crippen LogP contribution in [0.25, 0.3) is 11.1 Å². The quantitative estimate of drug-likeness (QED) is 0.267. The number of halogens is 3. The van der Waals surface area contributed by atoms with Crippen molar-refractivity contribution in [2.45, 2.75) is 26.3 Å². The molecule has 1 N–H and O–H groups in total. The van der Waals surface area contributed by atoms with Gasteiger partial charge < -0.3 is 18.7 Å². The number of anilines is 1. The predicted molar refractivity (Wildman–Crippen MR) is 126 cm³/mol. The lowest BCUT2D eigenvalue weighted by Gasteiger charge is -2.13. The molecule has 0 aliphatic rings. The highest BCUT2D eigenvalue weighted by molar-refractivity contribution is 7.99. The summed E-state index contributed by atoms with van der Waals surface area (Å²) in [6.07, 6.45) is -0.860. The second-order valence-corrected chi connectivity index (χ2v) is 8.03. The van der Waals surface area contributed by atoms with Crippen LogP contribution in [0.2, 0.25) is 0 Å². The average molecular weight is 503 g/mol. The van der Waals surface area contributed by atoms with Gasteiger partial charge in [0, 0.05) is 24.9 Å². The molecule has 7 nitrogen and oxygen atoms in total. The van der Waals surface area contributed by atoms with Crippen LogP contribution in [0.1, 0.15) is 22.8 Å². The fourth-order valence-electron chi connectivity index (χ4n) is 3.21. The molecule has 35 heavy (non-hydrogen) atoms. The molecule has 0 radical (unpaired) electrons. The van der Waals surface area contributed by atoms with Gasteiger partial charge in [0.15, 0.2) is 6.61 Å². The predicted octanol–water partition coefficient (Wildman–Crippen LogP) is 6.31. The summed E-state index contributed by atoms with van der Waals surface area (Å²) in [6.45, 7) is 1.81. The molecule has 4 rings (SSSR count). The van der Waals surface area contributed by atoms with Crippen molar-refractivity contribution in [2.75, 3.05) is 11.0 Å². The molecule has 0 aliphatic carbocycles. The molecule has 11 heteroatoms. The van der Waals surface area contributed by atoms with Crippen LogP contribution < -0.4 is 14.2 Å². The third kappa shape index (κ3) is 6.44. The molecular formula is C24H21F3N4O3S. The maximum absolute atomic E-state index is 13.0. The smallest absolute Gasteiger partial charge is 0.416 e. The highest BCUT2D eigenvalue weighted by Crippen LogP contribution is 2.32. The number of aromatic nitrogens is 3. The van der Waals surface area contributed by atoms with Crippen LogP contribution in [0.15, 0.2) is 65.3 Å². The molecule has 0 saturated carbocycles. The average Bonchev–Trinajstić information content (AvgIpc) is 3.27. The lowest BCUT2D eigenvalue weighted by atomic mass is 10.1. The minimum Gasteiger partial charge on any atom is -0.489 e. The molecule has 0 bridgehead atoms. The van der Waals surface area contributed by atoms with Crippen LogP contribution in [-0.4, -0.2) is 21.4 Å². The van der Waals surface area contributed by atoms with Gasteiger partial charge in [0.05, 0.1) is 5.56 Å². The van der Waals surface area contributed by atoms with E-state index >= 15 is 0 Å². The summed E-state index contributed by atoms with van der Waals surface area (Å²) in [4.78, 5) is 8.53. The number of nitrogens with one attached hydrogen (secondary N) is 1. The third-order valence-electron chi connectivity index (χ3n) is 4.80. The SMILES string of the molecule is CSNc1cc(-c2cccc(OCc3cccc(C(F)(F)F)c3)c2)cnc1OCc1noc(C)n1. The lowest BCUT2D eigenvalue weighted by Crippen LogP contribution is -2.06. The number of hydrogen-bond acceptors (Lipinski definition) is 8. The molecule has 0 atom stereocenters. The molecule has 0 unspecified atom stereocenters. The van der Waals surface area contributed by atoms with E-state index in [1.165, 1.54) is 18.0 Å². The largest absolute Gasteiger partial charge is 0.489 e. The van der Waals surface area contributed by atoms with E-state index in [0.717, 1.165) is 23.3 Å². The van der Waals surface area contributed by atoms with Gasteiger partial charge >= 0.3 is 6.18 Å². The van der Waals surface area contributed by atoms with Gasteiger partial charge in [-0.1, -0.05) is 41.4 Å². The third-order valence-corrected chi connectivity index (χ3v) is 5.22. The Bertz CT molecular complexity index is 1300. The molecule has 0 fully saturated rings. The van der Waals surface area contributed by atoms with Crippen molar-refractivity contribution < 1.29 is 27.2 Å². The summed E-state index contributed by atoms with van der Waals surface area (Å²) in [6, 6.07) is 14.2. The van der Waals surface area contributed by atoms with E-state index in [1.54, 1.807) is 31.3 Å². The van der Waals surface area contributed by atoms with Gasteiger partial charge in [-0.3, -0.25) is 0 Å². The van der Waals surface area contributed by atoms with Crippen molar-refractivity contribution in [3.05, 3.63) is 83.6 Å². The van der Waals surface area contributed by atoms with Gasteiger partial charge in [-0.25, -0.2) is 4.98 Å². The van der Waals surface area contributed by atoms with Gasteiger partial charge in [0.25, 0.3) is 0 Å². The van der Waals surface area contributed by atoms with Gasteiger partial charge in [0.1, 0.15) is 18.0 Å². The number of ether oxygens (including phenoxy) is 2. The minimum absolute atomic E-state index is 0.00718. The van der Waals surface area contributed by atoms with Crippen molar-refractivity contribution in [1.29, 1.82) is 0 Å². The topological polar surface area (TPSA) is 82.3 Å². The number of pyridine rings is 1. The number of benzene rings is 2. The Morgan fingerprint density at radius 1 is 1.00 bits per heavy atom. The Hall–Kier alpha value is -3.73. The van der Waals surface area contributed by atoms with Crippen molar-refractivity contribution in [3.8, 4) is 22.8 Å². The van der Waals surface area contributed by atoms with E-state index in [0.29, 0.717) is 34.6 Å². The maximum atomic E-state index is 13.0. The molecule has 0 spiro atoms. The Morgan fingerprint density at radius 2 is 1.83 bits per heavy atom. The molecule has 2 aromatic carbocycles. The van der Waals surface area contributed by atoms with Gasteiger partial charge in [0.2, 0.25) is 17.6 Å². The fourth-order valence-corrected chi connectivity index (χ4v) is 3.58. The summed E-state index contributed by atoms with van der Waals surface area (Å²) in [5.74, 6) is 1.76. The monoisotopic (exact) mass is 502 g/mol. The number of nitrogens with zero attached hydrogens (tertiary/aromatic N) is 3. The standard InChI is InChI=1S/C24H21F3N4O3S/c1-15-29-22(30-34-15)14-33-23-21(31-35-2)11-18(12-28-23)17-6-4-8-20(10-17)32-13-16-5-3-7-19(9-16)24(25,26)27/h3-12,31H,13-14H2,1-2H3. The normalized spacial score (nSPS) is 11.3. The lowest BCUT2D eigenvalue weighted by molar-refractivity contribution is -0.137. The number of alkyl halides is 3. The second-order valence-electron chi connectivity index (χ2n) is 7.42. The second kappa shape index (κ2) is 10.7. The summed E-state index contributed by atoms with van der Waals surface area (Å²) in [7, 11) is 0. The minimum atomic E-state index is -4.40. The van der Waals surface area contributed by atoms with Gasteiger partial charge in [-0.15, -0.1) is 0 Å². The first-order valence-corrected chi connectivity index (χ1v) is 11.6. The first-order valence-electron chi connectivity index (χ1n) is 10.4. The van der Waals surface area contributed by atoms with E-state index in [1.807, 2.05) is 24.5 Å². The molecular weight excluding hydrogens is 481 g/mol. The van der Waals surface area contributed by atoms with E-state index in [9.17, 15) is 13.2 Å². The number of rotatable bonds is 9. The van der Waals surface area contributed by atoms with E-state index < -0.39 is 11.7 Å². The van der Waals surface area contributed by atoms with Crippen LogP contribution in [0.4, 0.5) is 18.9 Å². The number of hydrogen-bond donors (Lipinski definition) is 1. The maximum Gasteiger partial charge on any atom is 0.416 e. The van der Waals surface area contributed by atoms with Crippen LogP contribution in [-0.2, 0) is 19.4 Å². The summed E-state index contributed by atoms with van der Waals surface area (Å²) < 4.78 is 58.5. The van der Waals surface area contributed by atoms with Crippen LogP contribution in [0.5, 0.6) is 11.6 Å². The molecule has 2 aromatic heterocycles. The Morgan fingerprint density at radius 3 is 2.57 bits per heavy atom. The van der Waals surface area contributed by atoms with Gasteiger partial charge in [-0.05, 0) is 41.5 Å². The summed E-state index contributed by atoms with van der Waals surface area (Å²) >= 11 is 1.39. The summed E-state index contributed by atoms with van der Waals surface area (Å²) in [5.41, 5.74) is 2.00. The van der Waals surface area contributed by atoms with Crippen molar-refractivity contribution in [1.82, 2.24) is 15.1 Å². The Kier molecular flexibility index (Phi) is 7.45. The fraction of sp³-hybridized carbons (Fsp3) is 0.208. The number of aryl methyl sites for hydroxylation is 1. The van der Waals surface area contributed by atoms with Crippen LogP contribution in [0.3, 0.4) is 0 Å². The first kappa shape index (κ1) is 24.4. The zero-order valence-corrected chi connectivity index (χ0v) is 19.6. The van der Waals surface area contributed by atoms with Crippen molar-refractivity contribution in [3.63, 3.8) is 0 Å². The Balaban J connectivity index is 1.48. The Labute approximate surface area is 203 Å². The van der Waals surface area contributed by atoms with Crippen molar-refractivity contribution in [2.24, 2.45) is 0 Å². The van der Waals surface area contributed by atoms with E-state index in [2.05, 4.69) is 19.8 Å². The van der Waals surface area contributed by atoms with Crippen LogP contribution >= 0.6 is 11.9 Å². The molecule has 0 amide bonds. The first-order chi connectivity index (χ1) is 16.8. The zero-order chi connectivity index (χ0) is 24.8. The highest BCUT2D eigenvalue weighted by Gasteiger charge is 2.30. The molecule has 182 valence electrons. The molecule has 0 saturated heterocycles. The zero-order valence-electron chi connectivity index (χ0n) is 18.8. The van der Waals surface area contributed by atoms with E-state index in [-0.39, 0.29) is 13.2 Å². The van der Waals surface area contributed by atoms with Gasteiger partial charge in [-0.2, -0.15) is 18.2 Å².